The minimum atomic E-state index is -1.35. The maximum Gasteiger partial charge on any atom is 0.328 e. The Morgan fingerprint density at radius 1 is 1.11 bits per heavy atom. The summed E-state index contributed by atoms with van der Waals surface area (Å²) >= 11 is 3.10. The molecular weight excluding hydrogens is 524 g/mol. The van der Waals surface area contributed by atoms with Gasteiger partial charge < -0.3 is 26.2 Å². The van der Waals surface area contributed by atoms with Crippen LogP contribution in [0.1, 0.15) is 45.3 Å². The molecule has 2 amide bonds. The lowest BCUT2D eigenvalue weighted by Crippen LogP contribution is -2.50. The summed E-state index contributed by atoms with van der Waals surface area (Å²) in [4.78, 5) is 43.6. The van der Waals surface area contributed by atoms with Crippen LogP contribution in [0.2, 0.25) is 0 Å². The van der Waals surface area contributed by atoms with Crippen molar-refractivity contribution < 1.29 is 24.6 Å². The predicted molar refractivity (Wildman–Crippen MR) is 149 cm³/mol. The summed E-state index contributed by atoms with van der Waals surface area (Å²) in [6.45, 7) is 1.59. The van der Waals surface area contributed by atoms with Gasteiger partial charge in [0.15, 0.2) is 0 Å². The first-order valence-corrected chi connectivity index (χ1v) is 14.4. The van der Waals surface area contributed by atoms with Crippen LogP contribution in [0.4, 0.5) is 5.69 Å². The maximum atomic E-state index is 12.9. The number of rotatable bonds is 10. The van der Waals surface area contributed by atoms with Crippen molar-refractivity contribution in [3.8, 4) is 0 Å². The standard InChI is InChI=1S/C27H30N4O5S2/c32-14-19-18-3-1-2-4-20(18)30-23(19)25(34)31-21(26(35)36)13-29-24(33)22-12-16-11-17(37-27(16)38-22)6-5-15-7-9-28-10-8-15/h1-4,11-12,15,19,21,28,32H,5-10,13-14H2,(H,29,33)(H,31,34)(H,35,36). The first kappa shape index (κ1) is 26.5. The van der Waals surface area contributed by atoms with E-state index < -0.39 is 23.8 Å². The lowest BCUT2D eigenvalue weighted by atomic mass is 9.93. The van der Waals surface area contributed by atoms with Crippen LogP contribution < -0.4 is 16.0 Å². The third kappa shape index (κ3) is 5.80. The fraction of sp³-hybridized carbons (Fsp3) is 0.407. The third-order valence-electron chi connectivity index (χ3n) is 7.12. The van der Waals surface area contributed by atoms with Gasteiger partial charge in [-0.1, -0.05) is 18.2 Å². The number of aliphatic hydroxyl groups excluding tert-OH is 1. The molecule has 0 radical (unpaired) electrons. The second-order valence-corrected chi connectivity index (χ2v) is 12.1. The summed E-state index contributed by atoms with van der Waals surface area (Å²) in [5.74, 6) is -2.20. The number of nitrogens with one attached hydrogen (secondary N) is 3. The number of carboxylic acid groups (broad SMARTS) is 1. The highest BCUT2D eigenvalue weighted by Crippen LogP contribution is 2.36. The van der Waals surface area contributed by atoms with E-state index in [1.807, 2.05) is 6.07 Å². The number of piperidine rings is 1. The molecule has 0 spiro atoms. The van der Waals surface area contributed by atoms with Crippen LogP contribution in [-0.4, -0.2) is 66.0 Å². The molecule has 1 fully saturated rings. The highest BCUT2D eigenvalue weighted by Gasteiger charge is 2.33. The van der Waals surface area contributed by atoms with Gasteiger partial charge in [-0.25, -0.2) is 9.79 Å². The Bertz CT molecular complexity index is 1340. The van der Waals surface area contributed by atoms with Gasteiger partial charge in [0.1, 0.15) is 11.8 Å². The molecule has 9 nitrogen and oxygen atoms in total. The lowest BCUT2D eigenvalue weighted by Gasteiger charge is -2.22. The smallest absolute Gasteiger partial charge is 0.328 e. The van der Waals surface area contributed by atoms with E-state index in [1.54, 1.807) is 35.6 Å². The number of aliphatic carboxylic acids is 1. The van der Waals surface area contributed by atoms with Crippen LogP contribution in [-0.2, 0) is 16.0 Å². The van der Waals surface area contributed by atoms with E-state index in [0.29, 0.717) is 16.1 Å². The van der Waals surface area contributed by atoms with Gasteiger partial charge in [-0.15, -0.1) is 22.7 Å². The minimum absolute atomic E-state index is 0.0562. The number of carboxylic acids is 1. The van der Waals surface area contributed by atoms with Crippen molar-refractivity contribution >= 4 is 61.3 Å². The second-order valence-electron chi connectivity index (χ2n) is 9.66. The van der Waals surface area contributed by atoms with Crippen molar-refractivity contribution in [2.24, 2.45) is 10.9 Å². The van der Waals surface area contributed by atoms with Gasteiger partial charge in [0.25, 0.3) is 11.8 Å². The predicted octanol–water partition coefficient (Wildman–Crippen LogP) is 3.06. The number of hydrogen-bond acceptors (Lipinski definition) is 8. The topological polar surface area (TPSA) is 140 Å². The van der Waals surface area contributed by atoms with E-state index in [1.165, 1.54) is 35.5 Å². The molecular formula is C27H30N4O5S2. The highest BCUT2D eigenvalue weighted by atomic mass is 32.2. The third-order valence-corrected chi connectivity index (χ3v) is 9.56. The molecule has 11 heteroatoms. The first-order valence-electron chi connectivity index (χ1n) is 12.8. The normalized spacial score (nSPS) is 18.1. The average Bonchev–Trinajstić information content (AvgIpc) is 3.61. The number of hydrogen-bond donors (Lipinski definition) is 5. The average molecular weight is 555 g/mol. The number of aliphatic imine (C=N–C) groups is 1. The fourth-order valence-electron chi connectivity index (χ4n) is 4.99. The van der Waals surface area contributed by atoms with E-state index >= 15 is 0 Å². The van der Waals surface area contributed by atoms with E-state index in [9.17, 15) is 24.6 Å². The SMILES string of the molecule is O=C(NC(CNC(=O)c1cc2cc(CCC3CCNCC3)sc2s1)C(=O)O)C1=Nc2ccccc2C1CO. The number of benzene rings is 1. The van der Waals surface area contributed by atoms with Crippen LogP contribution >= 0.6 is 22.7 Å². The number of amides is 2. The van der Waals surface area contributed by atoms with Crippen molar-refractivity contribution in [2.45, 2.75) is 37.6 Å². The Morgan fingerprint density at radius 3 is 2.63 bits per heavy atom. The molecule has 5 N–H and O–H groups in total. The Balaban J connectivity index is 1.16. The summed E-state index contributed by atoms with van der Waals surface area (Å²) in [5, 5.41) is 28.9. The largest absolute Gasteiger partial charge is 0.480 e. The van der Waals surface area contributed by atoms with Gasteiger partial charge in [-0.3, -0.25) is 9.59 Å². The highest BCUT2D eigenvalue weighted by molar-refractivity contribution is 7.39. The van der Waals surface area contributed by atoms with E-state index in [0.717, 1.165) is 34.8 Å². The molecule has 0 aliphatic carbocycles. The van der Waals surface area contributed by atoms with Gasteiger partial charge in [0.2, 0.25) is 0 Å². The van der Waals surface area contributed by atoms with Crippen LogP contribution in [0.5, 0.6) is 0 Å². The second kappa shape index (κ2) is 11.7. The molecule has 2 unspecified atom stereocenters. The number of para-hydroxylation sites is 1. The van der Waals surface area contributed by atoms with E-state index in [4.69, 9.17) is 0 Å². The molecule has 2 aliphatic rings. The van der Waals surface area contributed by atoms with Gasteiger partial charge in [-0.2, -0.15) is 0 Å². The molecule has 2 aromatic heterocycles. The summed E-state index contributed by atoms with van der Waals surface area (Å²) in [6.07, 6.45) is 4.69. The first-order chi connectivity index (χ1) is 18.4. The van der Waals surface area contributed by atoms with Gasteiger partial charge >= 0.3 is 5.97 Å². The van der Waals surface area contributed by atoms with Crippen LogP contribution in [0.15, 0.2) is 41.4 Å². The molecule has 2 aliphatic heterocycles. The number of thiophene rings is 2. The van der Waals surface area contributed by atoms with Crippen LogP contribution in [0.3, 0.4) is 0 Å². The number of fused-ring (bicyclic) bond motifs is 2. The van der Waals surface area contributed by atoms with Crippen molar-refractivity contribution in [3.05, 3.63) is 51.7 Å². The summed E-state index contributed by atoms with van der Waals surface area (Å²) in [7, 11) is 0. The number of carbonyl (C=O) groups is 3. The van der Waals surface area contributed by atoms with Crippen LogP contribution in [0.25, 0.3) is 9.40 Å². The molecule has 5 rings (SSSR count). The zero-order valence-electron chi connectivity index (χ0n) is 20.7. The maximum absolute atomic E-state index is 12.9. The Hall–Kier alpha value is -3.12. The molecule has 1 saturated heterocycles. The summed E-state index contributed by atoms with van der Waals surface area (Å²) in [5.41, 5.74) is 1.34. The minimum Gasteiger partial charge on any atom is -0.480 e. The Kier molecular flexibility index (Phi) is 8.18. The zero-order valence-corrected chi connectivity index (χ0v) is 22.4. The van der Waals surface area contributed by atoms with E-state index in [2.05, 4.69) is 27.0 Å². The fourth-order valence-corrected chi connectivity index (χ4v) is 7.41. The molecule has 0 bridgehead atoms. The molecule has 1 aromatic carbocycles. The van der Waals surface area contributed by atoms with Crippen molar-refractivity contribution in [3.63, 3.8) is 0 Å². The number of carbonyl (C=O) groups excluding carboxylic acids is 2. The summed E-state index contributed by atoms with van der Waals surface area (Å²) in [6, 6.07) is 9.71. The number of aliphatic hydroxyl groups is 1. The zero-order chi connectivity index (χ0) is 26.6. The summed E-state index contributed by atoms with van der Waals surface area (Å²) < 4.78 is 1.08. The van der Waals surface area contributed by atoms with Gasteiger partial charge in [0, 0.05) is 16.8 Å². The lowest BCUT2D eigenvalue weighted by molar-refractivity contribution is -0.140. The van der Waals surface area contributed by atoms with Gasteiger partial charge in [-0.05, 0) is 68.5 Å². The molecule has 2 atom stereocenters. The molecule has 38 heavy (non-hydrogen) atoms. The van der Waals surface area contributed by atoms with Gasteiger partial charge in [0.05, 0.1) is 27.1 Å². The quantitative estimate of drug-likeness (QED) is 0.261. The van der Waals surface area contributed by atoms with E-state index in [-0.39, 0.29) is 24.8 Å². The Labute approximate surface area is 228 Å². The number of aryl methyl sites for hydroxylation is 1. The van der Waals surface area contributed by atoms with Crippen molar-refractivity contribution in [1.29, 1.82) is 0 Å². The molecule has 0 saturated carbocycles. The molecule has 3 aromatic rings. The monoisotopic (exact) mass is 554 g/mol. The van der Waals surface area contributed by atoms with Crippen molar-refractivity contribution in [1.82, 2.24) is 16.0 Å². The van der Waals surface area contributed by atoms with Crippen LogP contribution in [0, 0.1) is 5.92 Å². The Morgan fingerprint density at radius 2 is 1.89 bits per heavy atom. The number of nitrogens with zero attached hydrogens (tertiary/aromatic N) is 1. The molecule has 4 heterocycles. The molecule has 200 valence electrons. The van der Waals surface area contributed by atoms with Crippen molar-refractivity contribution in [2.75, 3.05) is 26.2 Å².